The molecule has 2 amide bonds. The lowest BCUT2D eigenvalue weighted by Crippen LogP contribution is -2.65. The van der Waals surface area contributed by atoms with Crippen molar-refractivity contribution in [3.63, 3.8) is 0 Å². The van der Waals surface area contributed by atoms with E-state index in [1.54, 1.807) is 4.90 Å². The smallest absolute Gasteiger partial charge is 0.410 e. The third kappa shape index (κ3) is 2.94. The molecule has 3 atom stereocenters. The van der Waals surface area contributed by atoms with Gasteiger partial charge in [0.1, 0.15) is 5.60 Å². The number of amides is 2. The lowest BCUT2D eigenvalue weighted by Gasteiger charge is -2.59. The van der Waals surface area contributed by atoms with Gasteiger partial charge in [-0.2, -0.15) is 0 Å². The minimum atomic E-state index is -0.776. The summed E-state index contributed by atoms with van der Waals surface area (Å²) in [7, 11) is 0. The molecule has 0 aromatic heterocycles. The van der Waals surface area contributed by atoms with Gasteiger partial charge in [-0.1, -0.05) is 20.3 Å². The van der Waals surface area contributed by atoms with Crippen LogP contribution in [0.5, 0.6) is 0 Å². The van der Waals surface area contributed by atoms with Crippen LogP contribution in [0.2, 0.25) is 0 Å². The second kappa shape index (κ2) is 7.03. The normalized spacial score (nSPS) is 35.9. The van der Waals surface area contributed by atoms with E-state index in [1.807, 2.05) is 4.90 Å². The molecule has 0 aromatic carbocycles. The molecule has 0 aromatic rings. The van der Waals surface area contributed by atoms with Crippen molar-refractivity contribution in [3.05, 3.63) is 0 Å². The van der Waals surface area contributed by atoms with Crippen LogP contribution in [0.4, 0.5) is 9.59 Å². The Balaban J connectivity index is 1.41. The number of rotatable bonds is 4. The van der Waals surface area contributed by atoms with Gasteiger partial charge in [0.15, 0.2) is 0 Å². The molecule has 7 heteroatoms. The number of ether oxygens (including phenoxy) is 1. The molecule has 2 spiro atoms. The maximum atomic E-state index is 12.5. The summed E-state index contributed by atoms with van der Waals surface area (Å²) in [6.45, 7) is 12.7. The summed E-state index contributed by atoms with van der Waals surface area (Å²) in [5.74, 6) is 0.566. The van der Waals surface area contributed by atoms with E-state index in [0.29, 0.717) is 25.0 Å². The lowest BCUT2D eigenvalue weighted by molar-refractivity contribution is -0.112. The molecule has 3 saturated heterocycles. The van der Waals surface area contributed by atoms with Crippen molar-refractivity contribution in [1.29, 1.82) is 0 Å². The zero-order valence-corrected chi connectivity index (χ0v) is 18.4. The predicted octanol–water partition coefficient (Wildman–Crippen LogP) is 3.63. The van der Waals surface area contributed by atoms with E-state index >= 15 is 0 Å². The van der Waals surface area contributed by atoms with Crippen LogP contribution in [-0.2, 0) is 4.74 Å². The van der Waals surface area contributed by atoms with Crippen LogP contribution in [-0.4, -0.2) is 81.9 Å². The maximum Gasteiger partial charge on any atom is 0.410 e. The minimum absolute atomic E-state index is 0.154. The van der Waals surface area contributed by atoms with Gasteiger partial charge < -0.3 is 14.7 Å². The molecule has 0 bridgehead atoms. The van der Waals surface area contributed by atoms with Crippen molar-refractivity contribution in [3.8, 4) is 0 Å². The Morgan fingerprint density at radius 1 is 1.17 bits per heavy atom. The number of likely N-dealkylation sites (tertiary alicyclic amines) is 2. The van der Waals surface area contributed by atoms with E-state index < -0.39 is 6.09 Å². The fourth-order valence-corrected chi connectivity index (χ4v) is 6.92. The summed E-state index contributed by atoms with van der Waals surface area (Å²) >= 11 is 0. The highest BCUT2D eigenvalue weighted by Gasteiger charge is 2.62. The molecule has 7 nitrogen and oxygen atoms in total. The van der Waals surface area contributed by atoms with Gasteiger partial charge in [-0.05, 0) is 44.4 Å². The van der Waals surface area contributed by atoms with Crippen molar-refractivity contribution >= 4 is 12.2 Å². The summed E-state index contributed by atoms with van der Waals surface area (Å²) in [6, 6.07) is 0.540. The number of hydrogen-bond donors (Lipinski definition) is 1. The van der Waals surface area contributed by atoms with E-state index in [4.69, 9.17) is 4.74 Å². The van der Waals surface area contributed by atoms with Crippen LogP contribution in [0.15, 0.2) is 0 Å². The molecule has 29 heavy (non-hydrogen) atoms. The fraction of sp³-hybridized carbons (Fsp3) is 0.909. The van der Waals surface area contributed by atoms with Crippen molar-refractivity contribution in [2.45, 2.75) is 83.4 Å². The molecule has 3 aliphatic heterocycles. The zero-order chi connectivity index (χ0) is 21.0. The maximum absolute atomic E-state index is 12.5. The number of hydrogen-bond acceptors (Lipinski definition) is 4. The average molecular weight is 408 g/mol. The largest absolute Gasteiger partial charge is 0.465 e. The quantitative estimate of drug-likeness (QED) is 0.770. The van der Waals surface area contributed by atoms with Crippen molar-refractivity contribution < 1.29 is 19.4 Å². The summed E-state index contributed by atoms with van der Waals surface area (Å²) in [5.41, 5.74) is -0.471. The first-order chi connectivity index (χ1) is 13.7. The third-order valence-corrected chi connectivity index (χ3v) is 8.78. The van der Waals surface area contributed by atoms with Crippen LogP contribution < -0.4 is 0 Å². The summed E-state index contributed by atoms with van der Waals surface area (Å²) in [4.78, 5) is 30.0. The van der Waals surface area contributed by atoms with Crippen molar-refractivity contribution in [2.24, 2.45) is 11.3 Å². The Morgan fingerprint density at radius 3 is 2.41 bits per heavy atom. The lowest BCUT2D eigenvalue weighted by atomic mass is 9.54. The number of nitrogens with zero attached hydrogens (tertiary/aromatic N) is 3. The highest BCUT2D eigenvalue weighted by atomic mass is 16.6. The molecule has 3 heterocycles. The Bertz CT molecular complexity index is 673. The molecule has 1 saturated carbocycles. The average Bonchev–Trinajstić information content (AvgIpc) is 3.18. The number of piperidine rings is 1. The first-order valence-electron chi connectivity index (χ1n) is 11.4. The van der Waals surface area contributed by atoms with Gasteiger partial charge in [0.25, 0.3) is 0 Å². The van der Waals surface area contributed by atoms with Gasteiger partial charge in [0, 0.05) is 51.6 Å². The van der Waals surface area contributed by atoms with Gasteiger partial charge in [0.2, 0.25) is 0 Å². The first kappa shape index (κ1) is 20.8. The Morgan fingerprint density at radius 2 is 1.86 bits per heavy atom. The molecule has 1 N–H and O–H groups in total. The van der Waals surface area contributed by atoms with Gasteiger partial charge in [-0.15, -0.1) is 0 Å². The van der Waals surface area contributed by atoms with E-state index in [0.717, 1.165) is 58.2 Å². The van der Waals surface area contributed by atoms with E-state index in [-0.39, 0.29) is 22.6 Å². The van der Waals surface area contributed by atoms with Gasteiger partial charge in [-0.3, -0.25) is 9.80 Å². The van der Waals surface area contributed by atoms with Crippen LogP contribution in [0, 0.1) is 11.3 Å². The SMILES string of the molecule is CCCN1C(=O)OC2(CCN(C3CC4(CCN(C(=O)O)C4)C3CC)CC2)C1(C)C. The molecular weight excluding hydrogens is 370 g/mol. The second-order valence-corrected chi connectivity index (χ2v) is 10.2. The Kier molecular flexibility index (Phi) is 5.03. The topological polar surface area (TPSA) is 73.3 Å². The van der Waals surface area contributed by atoms with Gasteiger partial charge in [0.05, 0.1) is 5.54 Å². The van der Waals surface area contributed by atoms with Gasteiger partial charge in [-0.25, -0.2) is 9.59 Å². The number of carbonyl (C=O) groups excluding carboxylic acids is 1. The summed E-state index contributed by atoms with van der Waals surface area (Å²) in [5, 5.41) is 9.36. The van der Waals surface area contributed by atoms with Gasteiger partial charge >= 0.3 is 12.2 Å². The van der Waals surface area contributed by atoms with Crippen LogP contribution >= 0.6 is 0 Å². The summed E-state index contributed by atoms with van der Waals surface area (Å²) < 4.78 is 6.03. The first-order valence-corrected chi connectivity index (χ1v) is 11.4. The molecule has 0 radical (unpaired) electrons. The number of carboxylic acid groups (broad SMARTS) is 1. The van der Waals surface area contributed by atoms with Crippen LogP contribution in [0.3, 0.4) is 0 Å². The summed E-state index contributed by atoms with van der Waals surface area (Å²) in [6.07, 6.45) is 4.98. The molecule has 1 aliphatic carbocycles. The number of carbonyl (C=O) groups is 2. The molecule has 4 fully saturated rings. The van der Waals surface area contributed by atoms with Crippen LogP contribution in [0.1, 0.15) is 66.2 Å². The monoisotopic (exact) mass is 407 g/mol. The molecule has 164 valence electrons. The standard InChI is InChI=1S/C22H37N3O4/c1-5-10-25-19(28)29-22(20(25,3)4)8-12-23(13-9-22)17-14-21(16(17)6-2)7-11-24(15-21)18(26)27/h16-17H,5-15H2,1-4H3,(H,26,27). The molecule has 4 rings (SSSR count). The Labute approximate surface area is 174 Å². The minimum Gasteiger partial charge on any atom is -0.465 e. The third-order valence-electron chi connectivity index (χ3n) is 8.78. The molecular formula is C22H37N3O4. The Hall–Kier alpha value is -1.50. The van der Waals surface area contributed by atoms with Crippen LogP contribution in [0.25, 0.3) is 0 Å². The van der Waals surface area contributed by atoms with E-state index in [2.05, 4.69) is 32.6 Å². The van der Waals surface area contributed by atoms with E-state index in [1.165, 1.54) is 0 Å². The highest BCUT2D eigenvalue weighted by molar-refractivity contribution is 5.72. The fourth-order valence-electron chi connectivity index (χ4n) is 6.92. The van der Waals surface area contributed by atoms with Crippen molar-refractivity contribution in [2.75, 3.05) is 32.7 Å². The highest BCUT2D eigenvalue weighted by Crippen LogP contribution is 2.57. The zero-order valence-electron chi connectivity index (χ0n) is 18.4. The molecule has 3 unspecified atom stereocenters. The molecule has 4 aliphatic rings. The predicted molar refractivity (Wildman–Crippen MR) is 110 cm³/mol. The van der Waals surface area contributed by atoms with Crippen molar-refractivity contribution in [1.82, 2.24) is 14.7 Å². The van der Waals surface area contributed by atoms with E-state index in [9.17, 15) is 14.7 Å². The second-order valence-electron chi connectivity index (χ2n) is 10.2.